The number of carbonyl (C=O) groups excluding carboxylic acids is 1. The third kappa shape index (κ3) is 3.99. The normalized spacial score (nSPS) is 11.9. The zero-order valence-corrected chi connectivity index (χ0v) is 11.9. The molecule has 0 radical (unpaired) electrons. The van der Waals surface area contributed by atoms with Crippen LogP contribution in [0.1, 0.15) is 35.2 Å². The second-order valence-corrected chi connectivity index (χ2v) is 5.06. The third-order valence-corrected chi connectivity index (χ3v) is 3.47. The van der Waals surface area contributed by atoms with Gasteiger partial charge in [0, 0.05) is 12.1 Å². The van der Waals surface area contributed by atoms with E-state index in [1.165, 1.54) is 23.8 Å². The van der Waals surface area contributed by atoms with Crippen molar-refractivity contribution in [3.05, 3.63) is 59.7 Å². The molecular weight excluding hydrogens is 266 g/mol. The molecule has 0 fully saturated rings. The van der Waals surface area contributed by atoms with Crippen molar-refractivity contribution in [3.63, 3.8) is 0 Å². The van der Waals surface area contributed by atoms with Gasteiger partial charge in [-0.05, 0) is 36.1 Å². The Bertz CT molecular complexity index is 611. The predicted molar refractivity (Wildman–Crippen MR) is 81.6 cm³/mol. The maximum absolute atomic E-state index is 11.9. The number of amides is 1. The molecule has 1 amide bonds. The molecular formula is C17H19NO3. The Balaban J connectivity index is 1.85. The molecule has 21 heavy (non-hydrogen) atoms. The van der Waals surface area contributed by atoms with Gasteiger partial charge in [0.15, 0.2) is 11.5 Å². The minimum Gasteiger partial charge on any atom is -0.504 e. The highest BCUT2D eigenvalue weighted by Gasteiger charge is 2.10. The van der Waals surface area contributed by atoms with Gasteiger partial charge in [0.05, 0.1) is 0 Å². The molecule has 2 aromatic carbocycles. The molecule has 3 N–H and O–H groups in total. The number of phenols is 2. The monoisotopic (exact) mass is 285 g/mol. The lowest BCUT2D eigenvalue weighted by atomic mass is 9.98. The zero-order valence-electron chi connectivity index (χ0n) is 11.9. The highest BCUT2D eigenvalue weighted by atomic mass is 16.3. The van der Waals surface area contributed by atoms with E-state index >= 15 is 0 Å². The Hall–Kier alpha value is -2.49. The van der Waals surface area contributed by atoms with Crippen molar-refractivity contribution in [3.8, 4) is 11.5 Å². The predicted octanol–water partition coefficient (Wildman–Crippen LogP) is 3.02. The van der Waals surface area contributed by atoms with Crippen molar-refractivity contribution in [2.24, 2.45) is 0 Å². The largest absolute Gasteiger partial charge is 0.504 e. The van der Waals surface area contributed by atoms with Gasteiger partial charge < -0.3 is 15.5 Å². The van der Waals surface area contributed by atoms with Crippen LogP contribution in [0.3, 0.4) is 0 Å². The van der Waals surface area contributed by atoms with Gasteiger partial charge in [-0.15, -0.1) is 0 Å². The summed E-state index contributed by atoms with van der Waals surface area (Å²) in [5.41, 5.74) is 1.58. The van der Waals surface area contributed by atoms with Crippen molar-refractivity contribution < 1.29 is 15.0 Å². The highest BCUT2D eigenvalue weighted by Crippen LogP contribution is 2.24. The van der Waals surface area contributed by atoms with Crippen LogP contribution in [0.4, 0.5) is 0 Å². The van der Waals surface area contributed by atoms with Crippen LogP contribution >= 0.6 is 0 Å². The van der Waals surface area contributed by atoms with Gasteiger partial charge in [-0.3, -0.25) is 4.79 Å². The summed E-state index contributed by atoms with van der Waals surface area (Å²) in [7, 11) is 0. The molecule has 110 valence electrons. The fraction of sp³-hybridized carbons (Fsp3) is 0.235. The van der Waals surface area contributed by atoms with E-state index in [9.17, 15) is 15.0 Å². The third-order valence-electron chi connectivity index (χ3n) is 3.47. The lowest BCUT2D eigenvalue weighted by Gasteiger charge is -2.12. The van der Waals surface area contributed by atoms with Gasteiger partial charge in [-0.1, -0.05) is 37.3 Å². The van der Waals surface area contributed by atoms with E-state index in [1.807, 2.05) is 18.2 Å². The summed E-state index contributed by atoms with van der Waals surface area (Å²) in [6.45, 7) is 2.67. The molecule has 4 nitrogen and oxygen atoms in total. The zero-order chi connectivity index (χ0) is 15.2. The van der Waals surface area contributed by atoms with E-state index in [1.54, 1.807) is 0 Å². The lowest BCUT2D eigenvalue weighted by molar-refractivity contribution is 0.0952. The van der Waals surface area contributed by atoms with Crippen LogP contribution in [0.25, 0.3) is 0 Å². The molecule has 0 heterocycles. The van der Waals surface area contributed by atoms with E-state index in [-0.39, 0.29) is 17.4 Å². The SMILES string of the molecule is CC(CCNC(=O)c1ccc(O)c(O)c1)c1ccccc1. The Morgan fingerprint density at radius 2 is 1.81 bits per heavy atom. The summed E-state index contributed by atoms with van der Waals surface area (Å²) in [5, 5.41) is 21.4. The summed E-state index contributed by atoms with van der Waals surface area (Å²) in [4.78, 5) is 11.9. The molecule has 0 spiro atoms. The van der Waals surface area contributed by atoms with Gasteiger partial charge in [-0.25, -0.2) is 0 Å². The molecule has 1 atom stereocenters. The molecule has 0 aliphatic heterocycles. The second kappa shape index (κ2) is 6.79. The van der Waals surface area contributed by atoms with Crippen LogP contribution < -0.4 is 5.32 Å². The maximum Gasteiger partial charge on any atom is 0.251 e. The van der Waals surface area contributed by atoms with Crippen LogP contribution in [-0.2, 0) is 0 Å². The van der Waals surface area contributed by atoms with Crippen LogP contribution in [0.2, 0.25) is 0 Å². The van der Waals surface area contributed by atoms with Crippen LogP contribution in [-0.4, -0.2) is 22.7 Å². The van der Waals surface area contributed by atoms with Gasteiger partial charge >= 0.3 is 0 Å². The average molecular weight is 285 g/mol. The highest BCUT2D eigenvalue weighted by molar-refractivity contribution is 5.94. The van der Waals surface area contributed by atoms with E-state index in [2.05, 4.69) is 24.4 Å². The fourth-order valence-electron chi connectivity index (χ4n) is 2.12. The Morgan fingerprint density at radius 3 is 2.48 bits per heavy atom. The first-order valence-corrected chi connectivity index (χ1v) is 6.93. The summed E-state index contributed by atoms with van der Waals surface area (Å²) >= 11 is 0. The first-order chi connectivity index (χ1) is 10.1. The van der Waals surface area contributed by atoms with Crippen LogP contribution in [0.5, 0.6) is 11.5 Å². The Kier molecular flexibility index (Phi) is 4.82. The smallest absolute Gasteiger partial charge is 0.251 e. The summed E-state index contributed by atoms with van der Waals surface area (Å²) in [6, 6.07) is 14.2. The molecule has 4 heteroatoms. The molecule has 2 aromatic rings. The molecule has 0 saturated heterocycles. The van der Waals surface area contributed by atoms with Gasteiger partial charge in [-0.2, -0.15) is 0 Å². The minimum atomic E-state index is -0.291. The van der Waals surface area contributed by atoms with Crippen molar-refractivity contribution in [2.45, 2.75) is 19.3 Å². The molecule has 1 unspecified atom stereocenters. The van der Waals surface area contributed by atoms with Crippen molar-refractivity contribution in [2.75, 3.05) is 6.54 Å². The van der Waals surface area contributed by atoms with E-state index in [4.69, 9.17) is 0 Å². The van der Waals surface area contributed by atoms with Crippen molar-refractivity contribution >= 4 is 5.91 Å². The lowest BCUT2D eigenvalue weighted by Crippen LogP contribution is -2.25. The average Bonchev–Trinajstić information content (AvgIpc) is 2.50. The molecule has 2 rings (SSSR count). The molecule has 0 aliphatic carbocycles. The number of hydrogen-bond donors (Lipinski definition) is 3. The van der Waals surface area contributed by atoms with Crippen LogP contribution in [0.15, 0.2) is 48.5 Å². The maximum atomic E-state index is 11.9. The number of phenolic OH excluding ortho intramolecular Hbond substituents is 2. The number of benzene rings is 2. The summed E-state index contributed by atoms with van der Waals surface area (Å²) in [5.74, 6) is -0.421. The Labute approximate surface area is 124 Å². The van der Waals surface area contributed by atoms with E-state index < -0.39 is 0 Å². The van der Waals surface area contributed by atoms with Gasteiger partial charge in [0.2, 0.25) is 0 Å². The minimum absolute atomic E-state index is 0.232. The topological polar surface area (TPSA) is 69.6 Å². The number of carbonyl (C=O) groups is 1. The van der Waals surface area contributed by atoms with E-state index in [0.29, 0.717) is 18.0 Å². The molecule has 0 aliphatic rings. The number of aromatic hydroxyl groups is 2. The van der Waals surface area contributed by atoms with Gasteiger partial charge in [0.25, 0.3) is 5.91 Å². The van der Waals surface area contributed by atoms with Crippen LogP contribution in [0, 0.1) is 0 Å². The van der Waals surface area contributed by atoms with Crippen molar-refractivity contribution in [1.29, 1.82) is 0 Å². The standard InChI is InChI=1S/C17H19NO3/c1-12(13-5-3-2-4-6-13)9-10-18-17(21)14-7-8-15(19)16(20)11-14/h2-8,11-12,19-20H,9-10H2,1H3,(H,18,21). The molecule has 0 aromatic heterocycles. The molecule has 0 saturated carbocycles. The number of hydrogen-bond acceptors (Lipinski definition) is 3. The number of nitrogens with one attached hydrogen (secondary N) is 1. The Morgan fingerprint density at radius 1 is 1.10 bits per heavy atom. The number of rotatable bonds is 5. The molecule has 0 bridgehead atoms. The summed E-state index contributed by atoms with van der Waals surface area (Å²) in [6.07, 6.45) is 0.833. The first-order valence-electron chi connectivity index (χ1n) is 6.93. The summed E-state index contributed by atoms with van der Waals surface area (Å²) < 4.78 is 0. The van der Waals surface area contributed by atoms with Gasteiger partial charge in [0.1, 0.15) is 0 Å². The quantitative estimate of drug-likeness (QED) is 0.740. The first kappa shape index (κ1) is 14.9. The van der Waals surface area contributed by atoms with Crippen molar-refractivity contribution in [1.82, 2.24) is 5.32 Å². The fourth-order valence-corrected chi connectivity index (χ4v) is 2.12. The van der Waals surface area contributed by atoms with E-state index in [0.717, 1.165) is 6.42 Å². The second-order valence-electron chi connectivity index (χ2n) is 5.06.